The average molecular weight is 252 g/mol. The standard InChI is InChI=1S/C13H11F3N2/c1-17-12(13-10(15)6-3-7-18-13)8-4-2-5-9(14)11(8)16/h2-7,12,17H,1H3. The first kappa shape index (κ1) is 12.6. The van der Waals surface area contributed by atoms with E-state index < -0.39 is 23.5 Å². The Kier molecular flexibility index (Phi) is 3.62. The number of benzene rings is 1. The minimum absolute atomic E-state index is 0.0232. The quantitative estimate of drug-likeness (QED) is 0.908. The first-order valence-corrected chi connectivity index (χ1v) is 5.36. The molecule has 0 amide bonds. The van der Waals surface area contributed by atoms with Gasteiger partial charge in [0.05, 0.1) is 11.7 Å². The van der Waals surface area contributed by atoms with Crippen molar-refractivity contribution in [1.29, 1.82) is 0 Å². The molecular formula is C13H11F3N2. The van der Waals surface area contributed by atoms with Gasteiger partial charge in [-0.15, -0.1) is 0 Å². The maximum Gasteiger partial charge on any atom is 0.163 e. The fourth-order valence-electron chi connectivity index (χ4n) is 1.79. The molecule has 18 heavy (non-hydrogen) atoms. The van der Waals surface area contributed by atoms with Gasteiger partial charge in [0.15, 0.2) is 11.6 Å². The van der Waals surface area contributed by atoms with Gasteiger partial charge in [0.1, 0.15) is 5.82 Å². The van der Waals surface area contributed by atoms with E-state index in [0.29, 0.717) is 0 Å². The summed E-state index contributed by atoms with van der Waals surface area (Å²) < 4.78 is 40.5. The summed E-state index contributed by atoms with van der Waals surface area (Å²) in [5.41, 5.74) is 0.0552. The number of nitrogens with one attached hydrogen (secondary N) is 1. The van der Waals surface area contributed by atoms with Crippen LogP contribution in [-0.2, 0) is 0 Å². The molecule has 0 fully saturated rings. The molecule has 1 atom stereocenters. The molecule has 1 heterocycles. The number of pyridine rings is 1. The predicted octanol–water partition coefficient (Wildman–Crippen LogP) is 2.81. The van der Waals surface area contributed by atoms with Crippen LogP contribution in [0.4, 0.5) is 13.2 Å². The highest BCUT2D eigenvalue weighted by atomic mass is 19.2. The molecule has 1 N–H and O–H groups in total. The third kappa shape index (κ3) is 2.22. The van der Waals surface area contributed by atoms with E-state index in [1.54, 1.807) is 0 Å². The summed E-state index contributed by atoms with van der Waals surface area (Å²) in [6, 6.07) is 5.62. The van der Waals surface area contributed by atoms with Gasteiger partial charge in [-0.2, -0.15) is 0 Å². The van der Waals surface area contributed by atoms with Crippen LogP contribution in [0.2, 0.25) is 0 Å². The van der Waals surface area contributed by atoms with Crippen LogP contribution in [-0.4, -0.2) is 12.0 Å². The zero-order chi connectivity index (χ0) is 13.1. The molecule has 0 aliphatic heterocycles. The second-order valence-corrected chi connectivity index (χ2v) is 3.74. The Labute approximate surface area is 102 Å². The van der Waals surface area contributed by atoms with Crippen molar-refractivity contribution >= 4 is 0 Å². The van der Waals surface area contributed by atoms with Gasteiger partial charge in [-0.25, -0.2) is 13.2 Å². The molecule has 1 aromatic heterocycles. The monoisotopic (exact) mass is 252 g/mol. The van der Waals surface area contributed by atoms with Crippen molar-refractivity contribution in [3.8, 4) is 0 Å². The van der Waals surface area contributed by atoms with Gasteiger partial charge < -0.3 is 5.32 Å². The van der Waals surface area contributed by atoms with Crippen molar-refractivity contribution in [3.05, 3.63) is 65.2 Å². The van der Waals surface area contributed by atoms with E-state index >= 15 is 0 Å². The van der Waals surface area contributed by atoms with Crippen molar-refractivity contribution in [3.63, 3.8) is 0 Å². The van der Waals surface area contributed by atoms with Crippen molar-refractivity contribution < 1.29 is 13.2 Å². The Balaban J connectivity index is 2.53. The fraction of sp³-hybridized carbons (Fsp3) is 0.154. The van der Waals surface area contributed by atoms with Crippen LogP contribution in [0.3, 0.4) is 0 Å². The van der Waals surface area contributed by atoms with Gasteiger partial charge >= 0.3 is 0 Å². The molecule has 0 spiro atoms. The summed E-state index contributed by atoms with van der Waals surface area (Å²) in [6.07, 6.45) is 1.40. The smallest absolute Gasteiger partial charge is 0.163 e. The number of hydrogen-bond acceptors (Lipinski definition) is 2. The van der Waals surface area contributed by atoms with E-state index in [0.717, 1.165) is 6.07 Å². The van der Waals surface area contributed by atoms with Gasteiger partial charge in [-0.3, -0.25) is 4.98 Å². The first-order valence-electron chi connectivity index (χ1n) is 5.36. The lowest BCUT2D eigenvalue weighted by molar-refractivity contribution is 0.479. The number of aromatic nitrogens is 1. The zero-order valence-corrected chi connectivity index (χ0v) is 9.62. The molecule has 0 saturated heterocycles. The number of rotatable bonds is 3. The summed E-state index contributed by atoms with van der Waals surface area (Å²) in [4.78, 5) is 3.87. The second-order valence-electron chi connectivity index (χ2n) is 3.74. The third-order valence-electron chi connectivity index (χ3n) is 2.64. The molecule has 0 aliphatic rings. The minimum Gasteiger partial charge on any atom is -0.308 e. The molecule has 2 aromatic rings. The van der Waals surface area contributed by atoms with Crippen LogP contribution in [0.15, 0.2) is 36.5 Å². The summed E-state index contributed by atoms with van der Waals surface area (Å²) >= 11 is 0. The average Bonchev–Trinajstić information content (AvgIpc) is 2.37. The van der Waals surface area contributed by atoms with Crippen LogP contribution >= 0.6 is 0 Å². The molecule has 0 saturated carbocycles. The highest BCUT2D eigenvalue weighted by Crippen LogP contribution is 2.25. The lowest BCUT2D eigenvalue weighted by atomic mass is 10.0. The molecule has 2 nitrogen and oxygen atoms in total. The summed E-state index contributed by atoms with van der Waals surface area (Å²) in [6.45, 7) is 0. The molecule has 0 radical (unpaired) electrons. The Morgan fingerprint density at radius 2 is 1.78 bits per heavy atom. The lowest BCUT2D eigenvalue weighted by Gasteiger charge is -2.17. The highest BCUT2D eigenvalue weighted by Gasteiger charge is 2.22. The van der Waals surface area contributed by atoms with Gasteiger partial charge in [0.25, 0.3) is 0 Å². The molecule has 0 bridgehead atoms. The summed E-state index contributed by atoms with van der Waals surface area (Å²) in [5, 5.41) is 2.73. The SMILES string of the molecule is CNC(c1cccc(F)c1F)c1ncccc1F. The normalized spacial score (nSPS) is 12.4. The van der Waals surface area contributed by atoms with Crippen LogP contribution in [0.5, 0.6) is 0 Å². The number of hydrogen-bond donors (Lipinski definition) is 1. The molecule has 1 unspecified atom stereocenters. The van der Waals surface area contributed by atoms with E-state index in [1.165, 1.54) is 37.5 Å². The maximum atomic E-state index is 13.7. The van der Waals surface area contributed by atoms with Gasteiger partial charge in [0, 0.05) is 11.8 Å². The number of nitrogens with zero attached hydrogens (tertiary/aromatic N) is 1. The minimum atomic E-state index is -0.998. The van der Waals surface area contributed by atoms with E-state index in [2.05, 4.69) is 10.3 Å². The van der Waals surface area contributed by atoms with Crippen LogP contribution in [0.1, 0.15) is 17.3 Å². The Morgan fingerprint density at radius 1 is 1.06 bits per heavy atom. The Hall–Kier alpha value is -1.88. The van der Waals surface area contributed by atoms with E-state index in [9.17, 15) is 13.2 Å². The van der Waals surface area contributed by atoms with Crippen molar-refractivity contribution in [2.24, 2.45) is 0 Å². The highest BCUT2D eigenvalue weighted by molar-refractivity contribution is 5.30. The molecule has 94 valence electrons. The van der Waals surface area contributed by atoms with Crippen molar-refractivity contribution in [1.82, 2.24) is 10.3 Å². The zero-order valence-electron chi connectivity index (χ0n) is 9.62. The van der Waals surface area contributed by atoms with Gasteiger partial charge in [-0.1, -0.05) is 12.1 Å². The van der Waals surface area contributed by atoms with Crippen LogP contribution < -0.4 is 5.32 Å². The van der Waals surface area contributed by atoms with Crippen LogP contribution in [0.25, 0.3) is 0 Å². The maximum absolute atomic E-state index is 13.7. The summed E-state index contributed by atoms with van der Waals surface area (Å²) in [5.74, 6) is -2.54. The topological polar surface area (TPSA) is 24.9 Å². The Bertz CT molecular complexity index is 558. The lowest BCUT2D eigenvalue weighted by Crippen LogP contribution is -2.21. The van der Waals surface area contributed by atoms with E-state index in [4.69, 9.17) is 0 Å². The van der Waals surface area contributed by atoms with E-state index in [1.807, 2.05) is 0 Å². The fourth-order valence-corrected chi connectivity index (χ4v) is 1.79. The largest absolute Gasteiger partial charge is 0.308 e. The number of halogens is 3. The predicted molar refractivity (Wildman–Crippen MR) is 61.5 cm³/mol. The Morgan fingerprint density at radius 3 is 2.44 bits per heavy atom. The first-order chi connectivity index (χ1) is 8.65. The molecule has 0 aliphatic carbocycles. The molecular weight excluding hydrogens is 241 g/mol. The van der Waals surface area contributed by atoms with E-state index in [-0.39, 0.29) is 11.3 Å². The summed E-state index contributed by atoms with van der Waals surface area (Å²) in [7, 11) is 1.53. The van der Waals surface area contributed by atoms with Gasteiger partial charge in [-0.05, 0) is 25.2 Å². The molecule has 5 heteroatoms. The van der Waals surface area contributed by atoms with Gasteiger partial charge in [0.2, 0.25) is 0 Å². The molecule has 1 aromatic carbocycles. The second kappa shape index (κ2) is 5.18. The third-order valence-corrected chi connectivity index (χ3v) is 2.64. The van der Waals surface area contributed by atoms with Crippen LogP contribution in [0, 0.1) is 17.5 Å². The molecule has 2 rings (SSSR count). The van der Waals surface area contributed by atoms with Crippen molar-refractivity contribution in [2.75, 3.05) is 7.05 Å². The van der Waals surface area contributed by atoms with Crippen molar-refractivity contribution in [2.45, 2.75) is 6.04 Å².